The van der Waals surface area contributed by atoms with Gasteiger partial charge in [0.15, 0.2) is 5.76 Å². The van der Waals surface area contributed by atoms with Crippen molar-refractivity contribution in [1.82, 2.24) is 5.32 Å². The summed E-state index contributed by atoms with van der Waals surface area (Å²) in [6.45, 7) is 0.369. The van der Waals surface area contributed by atoms with Crippen LogP contribution in [0.15, 0.2) is 102 Å². The maximum Gasteiger partial charge on any atom is 0.416 e. The Morgan fingerprint density at radius 1 is 0.865 bits per heavy atom. The number of nitrogens with zero attached hydrogens (tertiary/aromatic N) is 1. The predicted octanol–water partition coefficient (Wildman–Crippen LogP) is 6.56. The zero-order valence-electron chi connectivity index (χ0n) is 19.6. The lowest BCUT2D eigenvalue weighted by Crippen LogP contribution is -2.34. The number of benzene rings is 3. The summed E-state index contributed by atoms with van der Waals surface area (Å²) in [4.78, 5) is 26.9. The summed E-state index contributed by atoms with van der Waals surface area (Å²) in [6.07, 6.45) is -2.79. The molecule has 4 aromatic rings. The molecule has 0 saturated heterocycles. The number of halogens is 3. The average molecular weight is 508 g/mol. The van der Waals surface area contributed by atoms with E-state index >= 15 is 0 Å². The van der Waals surface area contributed by atoms with Crippen LogP contribution in [0.1, 0.15) is 32.9 Å². The fourth-order valence-corrected chi connectivity index (χ4v) is 3.58. The van der Waals surface area contributed by atoms with Crippen LogP contribution in [-0.4, -0.2) is 24.9 Å². The van der Waals surface area contributed by atoms with E-state index in [1.165, 1.54) is 23.3 Å². The SMILES string of the molecule is O=C(NCCCN(C(=O)c1ccco1)c1ccc(Oc2ccccc2)cc1)c1cccc(C(F)(F)F)c1. The van der Waals surface area contributed by atoms with Crippen LogP contribution >= 0.6 is 0 Å². The Balaban J connectivity index is 1.40. The number of furan rings is 1. The normalized spacial score (nSPS) is 11.1. The van der Waals surface area contributed by atoms with Gasteiger partial charge in [0.2, 0.25) is 0 Å². The first-order valence-corrected chi connectivity index (χ1v) is 11.4. The van der Waals surface area contributed by atoms with Crippen LogP contribution in [-0.2, 0) is 6.18 Å². The van der Waals surface area contributed by atoms with Gasteiger partial charge in [-0.3, -0.25) is 9.59 Å². The Kier molecular flexibility index (Phi) is 7.92. The van der Waals surface area contributed by atoms with Crippen LogP contribution in [0.2, 0.25) is 0 Å². The lowest BCUT2D eigenvalue weighted by atomic mass is 10.1. The number of nitrogens with one attached hydrogen (secondary N) is 1. The summed E-state index contributed by atoms with van der Waals surface area (Å²) in [5.41, 5.74) is -0.395. The number of carbonyl (C=O) groups excluding carboxylic acids is 2. The third-order valence-electron chi connectivity index (χ3n) is 5.40. The smallest absolute Gasteiger partial charge is 0.416 e. The first-order valence-electron chi connectivity index (χ1n) is 11.4. The van der Waals surface area contributed by atoms with Gasteiger partial charge < -0.3 is 19.4 Å². The molecule has 9 heteroatoms. The zero-order chi connectivity index (χ0) is 26.3. The van der Waals surface area contributed by atoms with E-state index in [0.717, 1.165) is 12.1 Å². The van der Waals surface area contributed by atoms with Gasteiger partial charge in [-0.15, -0.1) is 0 Å². The molecule has 0 saturated carbocycles. The Morgan fingerprint density at radius 2 is 1.59 bits per heavy atom. The molecular weight excluding hydrogens is 485 g/mol. The highest BCUT2D eigenvalue weighted by atomic mass is 19.4. The monoisotopic (exact) mass is 508 g/mol. The zero-order valence-corrected chi connectivity index (χ0v) is 19.6. The van der Waals surface area contributed by atoms with Gasteiger partial charge in [0.1, 0.15) is 11.5 Å². The summed E-state index contributed by atoms with van der Waals surface area (Å²) >= 11 is 0. The van der Waals surface area contributed by atoms with Crippen LogP contribution in [0.5, 0.6) is 11.5 Å². The van der Waals surface area contributed by atoms with E-state index in [0.29, 0.717) is 23.6 Å². The Hall–Kier alpha value is -4.53. The molecule has 0 aliphatic carbocycles. The van der Waals surface area contributed by atoms with Crippen molar-refractivity contribution in [2.45, 2.75) is 12.6 Å². The quantitative estimate of drug-likeness (QED) is 0.260. The molecule has 0 fully saturated rings. The van der Waals surface area contributed by atoms with Crippen molar-refractivity contribution < 1.29 is 31.9 Å². The molecule has 1 N–H and O–H groups in total. The van der Waals surface area contributed by atoms with Crippen molar-refractivity contribution in [3.05, 3.63) is 114 Å². The van der Waals surface area contributed by atoms with Crippen LogP contribution in [0.25, 0.3) is 0 Å². The number of hydrogen-bond acceptors (Lipinski definition) is 4. The van der Waals surface area contributed by atoms with E-state index in [2.05, 4.69) is 5.32 Å². The standard InChI is InChI=1S/C28H23F3N2O4/c29-28(30,31)21-8-4-7-20(19-21)26(34)32-16-6-17-33(27(35)25-11-5-18-36-25)22-12-14-24(15-13-22)37-23-9-2-1-3-10-23/h1-5,7-15,18-19H,6,16-17H2,(H,32,34). The fourth-order valence-electron chi connectivity index (χ4n) is 3.58. The highest BCUT2D eigenvalue weighted by molar-refractivity contribution is 6.04. The molecule has 4 rings (SSSR count). The Morgan fingerprint density at radius 3 is 2.27 bits per heavy atom. The van der Waals surface area contributed by atoms with Gasteiger partial charge in [-0.05, 0) is 73.2 Å². The summed E-state index contributed by atoms with van der Waals surface area (Å²) in [6, 6.07) is 23.6. The second-order valence-electron chi connectivity index (χ2n) is 8.03. The Bertz CT molecular complexity index is 1320. The molecule has 1 aromatic heterocycles. The maximum atomic E-state index is 13.1. The number of anilines is 1. The minimum Gasteiger partial charge on any atom is -0.459 e. The second-order valence-corrected chi connectivity index (χ2v) is 8.03. The highest BCUT2D eigenvalue weighted by Gasteiger charge is 2.30. The van der Waals surface area contributed by atoms with Crippen molar-refractivity contribution >= 4 is 17.5 Å². The van der Waals surface area contributed by atoms with E-state index in [9.17, 15) is 22.8 Å². The van der Waals surface area contributed by atoms with Gasteiger partial charge >= 0.3 is 6.18 Å². The molecule has 0 radical (unpaired) electrons. The Labute approximate surface area is 211 Å². The van der Waals surface area contributed by atoms with Crippen molar-refractivity contribution in [1.29, 1.82) is 0 Å². The van der Waals surface area contributed by atoms with Gasteiger partial charge in [0, 0.05) is 24.3 Å². The summed E-state index contributed by atoms with van der Waals surface area (Å²) in [7, 11) is 0. The van der Waals surface area contributed by atoms with Gasteiger partial charge in [0.05, 0.1) is 11.8 Å². The van der Waals surface area contributed by atoms with Crippen LogP contribution in [0.3, 0.4) is 0 Å². The number of amides is 2. The summed E-state index contributed by atoms with van der Waals surface area (Å²) < 4.78 is 49.9. The number of ether oxygens (including phenoxy) is 1. The molecule has 6 nitrogen and oxygen atoms in total. The fraction of sp³-hybridized carbons (Fsp3) is 0.143. The van der Waals surface area contributed by atoms with Crippen molar-refractivity contribution in [2.24, 2.45) is 0 Å². The molecule has 0 bridgehead atoms. The molecule has 1 heterocycles. The number of para-hydroxylation sites is 1. The molecule has 0 aliphatic rings. The first-order chi connectivity index (χ1) is 17.8. The number of hydrogen-bond donors (Lipinski definition) is 1. The van der Waals surface area contributed by atoms with Gasteiger partial charge in [-0.25, -0.2) is 0 Å². The molecule has 190 valence electrons. The highest BCUT2D eigenvalue weighted by Crippen LogP contribution is 2.29. The van der Waals surface area contributed by atoms with Gasteiger partial charge in [0.25, 0.3) is 11.8 Å². The number of alkyl halides is 3. The molecule has 0 spiro atoms. The molecule has 0 unspecified atom stereocenters. The third kappa shape index (κ3) is 6.78. The average Bonchev–Trinajstić information content (AvgIpc) is 3.44. The van der Waals surface area contributed by atoms with E-state index in [1.54, 1.807) is 36.4 Å². The molecule has 2 amide bonds. The molecule has 0 aliphatic heterocycles. The minimum atomic E-state index is -4.54. The van der Waals surface area contributed by atoms with Crippen LogP contribution in [0.4, 0.5) is 18.9 Å². The first kappa shape index (κ1) is 25.6. The summed E-state index contributed by atoms with van der Waals surface area (Å²) in [5.74, 6) is 0.421. The molecule has 3 aromatic carbocycles. The van der Waals surface area contributed by atoms with Gasteiger partial charge in [-0.1, -0.05) is 24.3 Å². The number of rotatable bonds is 9. The molecular formula is C28H23F3N2O4. The number of carbonyl (C=O) groups is 2. The van der Waals surface area contributed by atoms with E-state index in [1.807, 2.05) is 30.3 Å². The van der Waals surface area contributed by atoms with Gasteiger partial charge in [-0.2, -0.15) is 13.2 Å². The van der Waals surface area contributed by atoms with Crippen LogP contribution < -0.4 is 15.0 Å². The predicted molar refractivity (Wildman–Crippen MR) is 132 cm³/mol. The van der Waals surface area contributed by atoms with Crippen molar-refractivity contribution in [3.63, 3.8) is 0 Å². The lowest BCUT2D eigenvalue weighted by molar-refractivity contribution is -0.137. The van der Waals surface area contributed by atoms with E-state index in [-0.39, 0.29) is 30.3 Å². The van der Waals surface area contributed by atoms with E-state index in [4.69, 9.17) is 9.15 Å². The van der Waals surface area contributed by atoms with Crippen molar-refractivity contribution in [3.8, 4) is 11.5 Å². The van der Waals surface area contributed by atoms with Crippen molar-refractivity contribution in [2.75, 3.05) is 18.0 Å². The van der Waals surface area contributed by atoms with Crippen LogP contribution in [0, 0.1) is 0 Å². The van der Waals surface area contributed by atoms with E-state index < -0.39 is 17.6 Å². The lowest BCUT2D eigenvalue weighted by Gasteiger charge is -2.22. The maximum absolute atomic E-state index is 13.1. The third-order valence-corrected chi connectivity index (χ3v) is 5.40. The second kappa shape index (κ2) is 11.5. The topological polar surface area (TPSA) is 71.8 Å². The largest absolute Gasteiger partial charge is 0.459 e. The minimum absolute atomic E-state index is 0.0904. The molecule has 37 heavy (non-hydrogen) atoms. The summed E-state index contributed by atoms with van der Waals surface area (Å²) in [5, 5.41) is 2.61. The molecule has 0 atom stereocenters.